The Hall–Kier alpha value is 0.110. The van der Waals surface area contributed by atoms with E-state index in [0.29, 0.717) is 11.1 Å². The summed E-state index contributed by atoms with van der Waals surface area (Å²) in [6, 6.07) is 6.28. The van der Waals surface area contributed by atoms with E-state index in [1.807, 2.05) is 30.0 Å². The molecule has 15 heavy (non-hydrogen) atoms. The SMILES string of the molecule is Clc1ccc(CC2CSCCN2)c(Cl)c1. The molecule has 82 valence electrons. The zero-order valence-electron chi connectivity index (χ0n) is 8.30. The molecule has 1 N–H and O–H groups in total. The van der Waals surface area contributed by atoms with Crippen molar-refractivity contribution < 1.29 is 0 Å². The molecule has 1 unspecified atom stereocenters. The molecular weight excluding hydrogens is 249 g/mol. The molecule has 1 aliphatic heterocycles. The van der Waals surface area contributed by atoms with Crippen molar-refractivity contribution in [1.82, 2.24) is 5.32 Å². The van der Waals surface area contributed by atoms with Crippen LogP contribution in [0.25, 0.3) is 0 Å². The molecule has 0 aliphatic carbocycles. The Kier molecular flexibility index (Phi) is 4.21. The lowest BCUT2D eigenvalue weighted by molar-refractivity contribution is 0.563. The maximum atomic E-state index is 6.13. The van der Waals surface area contributed by atoms with Gasteiger partial charge < -0.3 is 5.32 Å². The van der Waals surface area contributed by atoms with E-state index < -0.39 is 0 Å². The van der Waals surface area contributed by atoms with E-state index in [0.717, 1.165) is 18.0 Å². The van der Waals surface area contributed by atoms with Gasteiger partial charge in [-0.25, -0.2) is 0 Å². The monoisotopic (exact) mass is 261 g/mol. The third kappa shape index (κ3) is 3.28. The van der Waals surface area contributed by atoms with Gasteiger partial charge in [-0.3, -0.25) is 0 Å². The zero-order chi connectivity index (χ0) is 10.7. The maximum absolute atomic E-state index is 6.13. The summed E-state index contributed by atoms with van der Waals surface area (Å²) in [6.45, 7) is 1.10. The minimum Gasteiger partial charge on any atom is -0.312 e. The van der Waals surface area contributed by atoms with Crippen LogP contribution in [0.3, 0.4) is 0 Å². The highest BCUT2D eigenvalue weighted by atomic mass is 35.5. The largest absolute Gasteiger partial charge is 0.312 e. The summed E-state index contributed by atoms with van der Waals surface area (Å²) in [5.41, 5.74) is 1.18. The zero-order valence-corrected chi connectivity index (χ0v) is 10.6. The lowest BCUT2D eigenvalue weighted by Gasteiger charge is -2.23. The van der Waals surface area contributed by atoms with Gasteiger partial charge in [-0.2, -0.15) is 11.8 Å². The van der Waals surface area contributed by atoms with Crippen LogP contribution in [0.1, 0.15) is 5.56 Å². The average molecular weight is 262 g/mol. The first-order chi connectivity index (χ1) is 7.25. The second-order valence-corrected chi connectivity index (χ2v) is 5.66. The Morgan fingerprint density at radius 3 is 2.93 bits per heavy atom. The highest BCUT2D eigenvalue weighted by molar-refractivity contribution is 7.99. The molecule has 4 heteroatoms. The topological polar surface area (TPSA) is 12.0 Å². The van der Waals surface area contributed by atoms with Crippen LogP contribution in [-0.2, 0) is 6.42 Å². The number of rotatable bonds is 2. The standard InChI is InChI=1S/C11H13Cl2NS/c12-9-2-1-8(11(13)6-9)5-10-7-15-4-3-14-10/h1-2,6,10,14H,3-5,7H2. The van der Waals surface area contributed by atoms with Crippen molar-refractivity contribution in [2.75, 3.05) is 18.1 Å². The molecule has 1 fully saturated rings. The third-order valence-corrected chi connectivity index (χ3v) is 4.20. The maximum Gasteiger partial charge on any atom is 0.0453 e. The molecule has 0 aromatic heterocycles. The molecule has 1 atom stereocenters. The molecule has 1 aromatic rings. The van der Waals surface area contributed by atoms with Crippen molar-refractivity contribution in [2.45, 2.75) is 12.5 Å². The normalized spacial score (nSPS) is 21.6. The molecule has 1 nitrogen and oxygen atoms in total. The number of hydrogen-bond acceptors (Lipinski definition) is 2. The number of nitrogens with one attached hydrogen (secondary N) is 1. The fourth-order valence-corrected chi connectivity index (χ4v) is 3.14. The summed E-state index contributed by atoms with van der Waals surface area (Å²) in [5.74, 6) is 2.38. The van der Waals surface area contributed by atoms with Crippen molar-refractivity contribution in [3.05, 3.63) is 33.8 Å². The van der Waals surface area contributed by atoms with Crippen LogP contribution in [0, 0.1) is 0 Å². The number of halogens is 2. The van der Waals surface area contributed by atoms with Crippen LogP contribution in [0.2, 0.25) is 10.0 Å². The minimum absolute atomic E-state index is 0.544. The highest BCUT2D eigenvalue weighted by Gasteiger charge is 2.14. The van der Waals surface area contributed by atoms with Crippen molar-refractivity contribution >= 4 is 35.0 Å². The molecule has 0 amide bonds. The van der Waals surface area contributed by atoms with Gasteiger partial charge in [0.15, 0.2) is 0 Å². The first-order valence-corrected chi connectivity index (χ1v) is 6.92. The molecule has 1 heterocycles. The molecule has 1 aliphatic rings. The van der Waals surface area contributed by atoms with E-state index in [4.69, 9.17) is 23.2 Å². The lowest BCUT2D eigenvalue weighted by atomic mass is 10.1. The van der Waals surface area contributed by atoms with Gasteiger partial charge in [0.05, 0.1) is 0 Å². The second-order valence-electron chi connectivity index (χ2n) is 3.67. The van der Waals surface area contributed by atoms with Gasteiger partial charge in [0.1, 0.15) is 0 Å². The fourth-order valence-electron chi connectivity index (χ4n) is 1.70. The van der Waals surface area contributed by atoms with Gasteiger partial charge in [-0.15, -0.1) is 0 Å². The first-order valence-electron chi connectivity index (χ1n) is 5.01. The smallest absolute Gasteiger partial charge is 0.0453 e. The summed E-state index contributed by atoms with van der Waals surface area (Å²) >= 11 is 14.0. The Morgan fingerprint density at radius 1 is 1.40 bits per heavy atom. The summed E-state index contributed by atoms with van der Waals surface area (Å²) in [5, 5.41) is 4.98. The summed E-state index contributed by atoms with van der Waals surface area (Å²) < 4.78 is 0. The second kappa shape index (κ2) is 5.44. The molecular formula is C11H13Cl2NS. The highest BCUT2D eigenvalue weighted by Crippen LogP contribution is 2.23. The van der Waals surface area contributed by atoms with Crippen LogP contribution in [-0.4, -0.2) is 24.1 Å². The molecule has 2 rings (SSSR count). The molecule has 0 bridgehead atoms. The van der Waals surface area contributed by atoms with Crippen LogP contribution < -0.4 is 5.32 Å². The van der Waals surface area contributed by atoms with Gasteiger partial charge in [0.25, 0.3) is 0 Å². The first kappa shape index (κ1) is 11.6. The summed E-state index contributed by atoms with van der Waals surface area (Å²) in [4.78, 5) is 0. The molecule has 0 saturated carbocycles. The quantitative estimate of drug-likeness (QED) is 0.878. The van der Waals surface area contributed by atoms with Crippen LogP contribution in [0.15, 0.2) is 18.2 Å². The molecule has 1 saturated heterocycles. The Balaban J connectivity index is 2.03. The van der Waals surface area contributed by atoms with E-state index in [-0.39, 0.29) is 0 Å². The van der Waals surface area contributed by atoms with Gasteiger partial charge in [-0.05, 0) is 24.1 Å². The van der Waals surface area contributed by atoms with E-state index in [2.05, 4.69) is 5.32 Å². The van der Waals surface area contributed by atoms with Crippen molar-refractivity contribution in [3.63, 3.8) is 0 Å². The predicted octanol–water partition coefficient (Wildman–Crippen LogP) is 3.24. The van der Waals surface area contributed by atoms with Crippen LogP contribution in [0.4, 0.5) is 0 Å². The van der Waals surface area contributed by atoms with Crippen molar-refractivity contribution in [2.24, 2.45) is 0 Å². The predicted molar refractivity (Wildman–Crippen MR) is 69.3 cm³/mol. The van der Waals surface area contributed by atoms with Gasteiger partial charge in [-0.1, -0.05) is 29.3 Å². The Bertz CT molecular complexity index is 337. The number of thioether (sulfide) groups is 1. The van der Waals surface area contributed by atoms with Gasteiger partial charge >= 0.3 is 0 Å². The van der Waals surface area contributed by atoms with Gasteiger partial charge in [0, 0.05) is 34.1 Å². The minimum atomic E-state index is 0.544. The van der Waals surface area contributed by atoms with E-state index in [9.17, 15) is 0 Å². The Morgan fingerprint density at radius 2 is 2.27 bits per heavy atom. The third-order valence-electron chi connectivity index (χ3n) is 2.48. The number of hydrogen-bond donors (Lipinski definition) is 1. The molecule has 0 radical (unpaired) electrons. The molecule has 0 spiro atoms. The van der Waals surface area contributed by atoms with Crippen LogP contribution >= 0.6 is 35.0 Å². The van der Waals surface area contributed by atoms with Crippen molar-refractivity contribution in [1.29, 1.82) is 0 Å². The van der Waals surface area contributed by atoms with Crippen LogP contribution in [0.5, 0.6) is 0 Å². The fraction of sp³-hybridized carbons (Fsp3) is 0.455. The van der Waals surface area contributed by atoms with E-state index >= 15 is 0 Å². The van der Waals surface area contributed by atoms with Crippen molar-refractivity contribution in [3.8, 4) is 0 Å². The summed E-state index contributed by atoms with van der Waals surface area (Å²) in [6.07, 6.45) is 0.989. The van der Waals surface area contributed by atoms with Gasteiger partial charge in [0.2, 0.25) is 0 Å². The number of benzene rings is 1. The summed E-state index contributed by atoms with van der Waals surface area (Å²) in [7, 11) is 0. The average Bonchev–Trinajstić information content (AvgIpc) is 2.24. The van der Waals surface area contributed by atoms with E-state index in [1.54, 1.807) is 0 Å². The van der Waals surface area contributed by atoms with E-state index in [1.165, 1.54) is 17.1 Å². The molecule has 1 aromatic carbocycles. The Labute approximate surface area is 105 Å². The lowest BCUT2D eigenvalue weighted by Crippen LogP contribution is -2.38.